The summed E-state index contributed by atoms with van der Waals surface area (Å²) in [6.07, 6.45) is 0. The van der Waals surface area contributed by atoms with Crippen molar-refractivity contribution in [3.63, 3.8) is 0 Å². The SMILES string of the molecule is COc1cc(-c2cc(C)[nH]c(=O)c2C#N)cc(I)c1OCC(=O)O. The first-order chi connectivity index (χ1) is 11.4. The first-order valence-corrected chi connectivity index (χ1v) is 7.81. The van der Waals surface area contributed by atoms with Gasteiger partial charge in [0.2, 0.25) is 0 Å². The Hall–Kier alpha value is -2.54. The van der Waals surface area contributed by atoms with E-state index in [1.165, 1.54) is 7.11 Å². The van der Waals surface area contributed by atoms with Crippen molar-refractivity contribution in [1.29, 1.82) is 5.26 Å². The van der Waals surface area contributed by atoms with Gasteiger partial charge in [0.25, 0.3) is 5.56 Å². The number of nitrogens with zero attached hydrogens (tertiary/aromatic N) is 1. The molecule has 0 aliphatic heterocycles. The quantitative estimate of drug-likeness (QED) is 0.691. The van der Waals surface area contributed by atoms with E-state index in [4.69, 9.17) is 14.6 Å². The van der Waals surface area contributed by atoms with E-state index in [9.17, 15) is 14.9 Å². The number of H-pyrrole nitrogens is 1. The first-order valence-electron chi connectivity index (χ1n) is 6.74. The van der Waals surface area contributed by atoms with Gasteiger partial charge in [0.05, 0.1) is 10.7 Å². The summed E-state index contributed by atoms with van der Waals surface area (Å²) < 4.78 is 11.1. The predicted molar refractivity (Wildman–Crippen MR) is 94.4 cm³/mol. The average molecular weight is 440 g/mol. The summed E-state index contributed by atoms with van der Waals surface area (Å²) in [5.41, 5.74) is 1.23. The third-order valence-electron chi connectivity index (χ3n) is 3.16. The molecule has 0 amide bonds. The zero-order valence-electron chi connectivity index (χ0n) is 12.8. The molecule has 1 heterocycles. The van der Waals surface area contributed by atoms with Gasteiger partial charge >= 0.3 is 5.97 Å². The summed E-state index contributed by atoms with van der Waals surface area (Å²) in [7, 11) is 1.43. The van der Waals surface area contributed by atoms with Gasteiger partial charge in [-0.15, -0.1) is 0 Å². The van der Waals surface area contributed by atoms with Crippen molar-refractivity contribution >= 4 is 28.6 Å². The Morgan fingerprint density at radius 1 is 1.42 bits per heavy atom. The molecule has 1 aromatic carbocycles. The largest absolute Gasteiger partial charge is 0.493 e. The van der Waals surface area contributed by atoms with Crippen molar-refractivity contribution in [2.45, 2.75) is 6.92 Å². The van der Waals surface area contributed by atoms with Gasteiger partial charge in [-0.25, -0.2) is 4.79 Å². The Morgan fingerprint density at radius 3 is 2.71 bits per heavy atom. The van der Waals surface area contributed by atoms with Gasteiger partial charge in [-0.1, -0.05) is 0 Å². The van der Waals surface area contributed by atoms with Crippen molar-refractivity contribution < 1.29 is 19.4 Å². The predicted octanol–water partition coefficient (Wildman–Crippen LogP) is 2.30. The number of hydrogen-bond acceptors (Lipinski definition) is 5. The van der Waals surface area contributed by atoms with Gasteiger partial charge < -0.3 is 19.6 Å². The molecule has 2 aromatic rings. The standard InChI is InChI=1S/C16H13IN2O5/c1-8-3-10(11(6-18)16(22)19-8)9-4-12(17)15(13(5-9)23-2)24-7-14(20)21/h3-5H,7H2,1-2H3,(H,19,22)(H,20,21). The van der Waals surface area contributed by atoms with E-state index in [1.807, 2.05) is 28.7 Å². The summed E-state index contributed by atoms with van der Waals surface area (Å²) in [6, 6.07) is 6.91. The third-order valence-corrected chi connectivity index (χ3v) is 3.96. The molecule has 0 bridgehead atoms. The number of pyridine rings is 1. The summed E-state index contributed by atoms with van der Waals surface area (Å²) in [4.78, 5) is 25.2. The van der Waals surface area contributed by atoms with Gasteiger partial charge in [-0.2, -0.15) is 5.26 Å². The summed E-state index contributed by atoms with van der Waals surface area (Å²) in [6.45, 7) is 1.22. The molecule has 24 heavy (non-hydrogen) atoms. The summed E-state index contributed by atoms with van der Waals surface area (Å²) in [5, 5.41) is 18.0. The first kappa shape index (κ1) is 17.8. The van der Waals surface area contributed by atoms with Crippen LogP contribution in [0.3, 0.4) is 0 Å². The van der Waals surface area contributed by atoms with Crippen LogP contribution in [0.15, 0.2) is 23.0 Å². The molecule has 0 saturated carbocycles. The molecular formula is C16H13IN2O5. The van der Waals surface area contributed by atoms with Crippen molar-refractivity contribution in [2.75, 3.05) is 13.7 Å². The number of carboxylic acid groups (broad SMARTS) is 1. The minimum absolute atomic E-state index is 0.00217. The number of methoxy groups -OCH3 is 1. The highest BCUT2D eigenvalue weighted by Crippen LogP contribution is 2.37. The van der Waals surface area contributed by atoms with Crippen molar-refractivity contribution in [3.05, 3.63) is 43.4 Å². The number of aryl methyl sites for hydroxylation is 1. The van der Waals surface area contributed by atoms with Crippen LogP contribution in [0.5, 0.6) is 11.5 Å². The Balaban J connectivity index is 2.62. The van der Waals surface area contributed by atoms with Crippen LogP contribution in [0, 0.1) is 21.8 Å². The van der Waals surface area contributed by atoms with E-state index < -0.39 is 18.1 Å². The number of aromatic nitrogens is 1. The lowest BCUT2D eigenvalue weighted by Crippen LogP contribution is -2.13. The van der Waals surface area contributed by atoms with Gasteiger partial charge in [0.1, 0.15) is 11.6 Å². The molecule has 0 radical (unpaired) electrons. The van der Waals surface area contributed by atoms with E-state index in [-0.39, 0.29) is 5.56 Å². The summed E-state index contributed by atoms with van der Waals surface area (Å²) >= 11 is 1.98. The number of rotatable bonds is 5. The van der Waals surface area contributed by atoms with E-state index in [2.05, 4.69) is 4.98 Å². The molecule has 0 spiro atoms. The second-order valence-corrected chi connectivity index (χ2v) is 6.02. The number of halogens is 1. The van der Waals surface area contributed by atoms with Crippen molar-refractivity contribution in [1.82, 2.24) is 4.98 Å². The minimum atomic E-state index is -1.10. The van der Waals surface area contributed by atoms with E-state index in [1.54, 1.807) is 25.1 Å². The number of nitrogens with one attached hydrogen (secondary N) is 1. The molecule has 0 atom stereocenters. The van der Waals surface area contributed by atoms with Crippen LogP contribution in [0.2, 0.25) is 0 Å². The fraction of sp³-hybridized carbons (Fsp3) is 0.188. The van der Waals surface area contributed by atoms with Gasteiger partial charge in [0.15, 0.2) is 18.1 Å². The van der Waals surface area contributed by atoms with Crippen LogP contribution in [0.25, 0.3) is 11.1 Å². The fourth-order valence-electron chi connectivity index (χ4n) is 2.18. The lowest BCUT2D eigenvalue weighted by atomic mass is 10.0. The Kier molecular flexibility index (Phi) is 5.46. The fourth-order valence-corrected chi connectivity index (χ4v) is 2.93. The lowest BCUT2D eigenvalue weighted by molar-refractivity contribution is -0.139. The molecular weight excluding hydrogens is 427 g/mol. The van der Waals surface area contributed by atoms with Gasteiger partial charge in [-0.05, 0) is 53.3 Å². The molecule has 124 valence electrons. The molecule has 0 unspecified atom stereocenters. The Labute approximate surface area is 151 Å². The van der Waals surface area contributed by atoms with Crippen LogP contribution >= 0.6 is 22.6 Å². The summed E-state index contributed by atoms with van der Waals surface area (Å²) in [5.74, 6) is -0.488. The average Bonchev–Trinajstić information content (AvgIpc) is 2.52. The maximum absolute atomic E-state index is 11.9. The van der Waals surface area contributed by atoms with E-state index in [0.717, 1.165) is 0 Å². The van der Waals surface area contributed by atoms with Crippen LogP contribution < -0.4 is 15.0 Å². The zero-order valence-corrected chi connectivity index (χ0v) is 15.0. The maximum atomic E-state index is 11.9. The zero-order chi connectivity index (χ0) is 17.9. The number of carbonyl (C=O) groups is 1. The molecule has 7 nitrogen and oxygen atoms in total. The van der Waals surface area contributed by atoms with Crippen molar-refractivity contribution in [2.24, 2.45) is 0 Å². The highest BCUT2D eigenvalue weighted by molar-refractivity contribution is 14.1. The minimum Gasteiger partial charge on any atom is -0.493 e. The molecule has 0 saturated heterocycles. The molecule has 0 fully saturated rings. The second-order valence-electron chi connectivity index (χ2n) is 4.85. The molecule has 1 aromatic heterocycles. The Morgan fingerprint density at radius 2 is 2.12 bits per heavy atom. The maximum Gasteiger partial charge on any atom is 0.341 e. The molecule has 2 rings (SSSR count). The third kappa shape index (κ3) is 3.68. The number of nitriles is 1. The second kappa shape index (κ2) is 7.35. The lowest BCUT2D eigenvalue weighted by Gasteiger charge is -2.14. The van der Waals surface area contributed by atoms with Gasteiger partial charge in [-0.3, -0.25) is 4.79 Å². The van der Waals surface area contributed by atoms with Crippen LogP contribution in [0.4, 0.5) is 0 Å². The number of hydrogen-bond donors (Lipinski definition) is 2. The molecule has 0 aliphatic rings. The molecule has 8 heteroatoms. The molecule has 0 aliphatic carbocycles. The van der Waals surface area contributed by atoms with E-state index >= 15 is 0 Å². The van der Waals surface area contributed by atoms with Crippen LogP contribution in [-0.4, -0.2) is 29.8 Å². The van der Waals surface area contributed by atoms with Crippen LogP contribution in [-0.2, 0) is 4.79 Å². The monoisotopic (exact) mass is 440 g/mol. The number of ether oxygens (including phenoxy) is 2. The highest BCUT2D eigenvalue weighted by Gasteiger charge is 2.17. The molecule has 2 N–H and O–H groups in total. The van der Waals surface area contributed by atoms with Crippen LogP contribution in [0.1, 0.15) is 11.3 Å². The van der Waals surface area contributed by atoms with E-state index in [0.29, 0.717) is 31.9 Å². The van der Waals surface area contributed by atoms with Gasteiger partial charge in [0, 0.05) is 11.3 Å². The Bertz CT molecular complexity index is 899. The van der Waals surface area contributed by atoms with Crippen molar-refractivity contribution in [3.8, 4) is 28.7 Å². The number of carboxylic acids is 1. The number of aromatic amines is 1. The number of aliphatic carboxylic acids is 1. The normalized spacial score (nSPS) is 10.1. The highest BCUT2D eigenvalue weighted by atomic mass is 127. The number of benzene rings is 1. The topological polar surface area (TPSA) is 112 Å². The smallest absolute Gasteiger partial charge is 0.341 e.